The molecule has 0 radical (unpaired) electrons. The van der Waals surface area contributed by atoms with Crippen LogP contribution in [0.5, 0.6) is 11.5 Å². The molecule has 4 rings (SSSR count). The topological polar surface area (TPSA) is 140 Å². The van der Waals surface area contributed by atoms with Crippen LogP contribution in [0.2, 0.25) is 0 Å². The predicted octanol–water partition coefficient (Wildman–Crippen LogP) is 2.08. The number of anilines is 1. The summed E-state index contributed by atoms with van der Waals surface area (Å²) in [4.78, 5) is 23.7. The van der Waals surface area contributed by atoms with E-state index in [1.54, 1.807) is 6.07 Å². The number of aromatic nitrogens is 2. The zero-order valence-electron chi connectivity index (χ0n) is 22.0. The lowest BCUT2D eigenvalue weighted by Crippen LogP contribution is -2.48. The van der Waals surface area contributed by atoms with E-state index in [1.807, 2.05) is 38.1 Å². The van der Waals surface area contributed by atoms with Gasteiger partial charge in [0.2, 0.25) is 15.9 Å². The first-order chi connectivity index (χ1) is 18.1. The maximum Gasteiger partial charge on any atom is 0.243 e. The predicted molar refractivity (Wildman–Crippen MR) is 145 cm³/mol. The van der Waals surface area contributed by atoms with Crippen molar-refractivity contribution in [2.45, 2.75) is 31.3 Å². The smallest absolute Gasteiger partial charge is 0.243 e. The third-order valence-corrected chi connectivity index (χ3v) is 8.50. The molecule has 11 nitrogen and oxygen atoms in total. The standard InChI is InChI=1S/C26H34N6O5S/c1-17(2)24(25(27)33)30-26-19-7-5-6-8-20(19)28-23(29-26)16-31-11-13-32(14-12-31)38(34,35)18-9-10-21(36-3)22(15-18)37-4/h5-10,15,17,24H,11-14,16H2,1-4H3,(H2,27,33)(H,28,29,30)/t24-/m0/s1. The molecule has 1 aromatic heterocycles. The third-order valence-electron chi connectivity index (χ3n) is 6.60. The number of ether oxygens (including phenoxy) is 2. The summed E-state index contributed by atoms with van der Waals surface area (Å²) in [5.41, 5.74) is 6.37. The average Bonchev–Trinajstić information content (AvgIpc) is 2.91. The molecule has 1 saturated heterocycles. The Morgan fingerprint density at radius 2 is 1.71 bits per heavy atom. The largest absolute Gasteiger partial charge is 0.493 e. The Balaban J connectivity index is 1.49. The number of nitrogens with two attached hydrogens (primary N) is 1. The molecule has 2 heterocycles. The highest BCUT2D eigenvalue weighted by Crippen LogP contribution is 2.31. The van der Waals surface area contributed by atoms with Crippen LogP contribution in [-0.2, 0) is 21.4 Å². The molecule has 1 amide bonds. The molecule has 2 aromatic carbocycles. The van der Waals surface area contributed by atoms with E-state index in [9.17, 15) is 13.2 Å². The Hall–Kier alpha value is -3.48. The minimum Gasteiger partial charge on any atom is -0.493 e. The second-order valence-corrected chi connectivity index (χ2v) is 11.4. The molecule has 3 aromatic rings. The van der Waals surface area contributed by atoms with Crippen LogP contribution in [0.3, 0.4) is 0 Å². The molecule has 0 unspecified atom stereocenters. The number of para-hydroxylation sites is 1. The Kier molecular flexibility index (Phi) is 8.34. The fourth-order valence-electron chi connectivity index (χ4n) is 4.47. The van der Waals surface area contributed by atoms with Gasteiger partial charge in [0.1, 0.15) is 17.7 Å². The monoisotopic (exact) mass is 542 g/mol. The van der Waals surface area contributed by atoms with Crippen molar-refractivity contribution in [1.82, 2.24) is 19.2 Å². The molecule has 38 heavy (non-hydrogen) atoms. The molecule has 3 N–H and O–H groups in total. The molecule has 0 aliphatic carbocycles. The van der Waals surface area contributed by atoms with Crippen LogP contribution < -0.4 is 20.5 Å². The van der Waals surface area contributed by atoms with E-state index in [0.717, 1.165) is 10.9 Å². The molecule has 204 valence electrons. The number of benzene rings is 2. The maximum atomic E-state index is 13.3. The number of hydrogen-bond acceptors (Lipinski definition) is 9. The molecule has 0 spiro atoms. The Morgan fingerprint density at radius 3 is 2.34 bits per heavy atom. The summed E-state index contributed by atoms with van der Waals surface area (Å²) in [6, 6.07) is 11.6. The lowest BCUT2D eigenvalue weighted by Gasteiger charge is -2.33. The van der Waals surface area contributed by atoms with Crippen LogP contribution in [-0.4, -0.2) is 79.9 Å². The second-order valence-electron chi connectivity index (χ2n) is 9.47. The van der Waals surface area contributed by atoms with Crippen molar-refractivity contribution in [1.29, 1.82) is 0 Å². The van der Waals surface area contributed by atoms with Crippen molar-refractivity contribution in [3.8, 4) is 11.5 Å². The van der Waals surface area contributed by atoms with Gasteiger partial charge in [0.05, 0.1) is 31.2 Å². The maximum absolute atomic E-state index is 13.3. The molecule has 0 bridgehead atoms. The number of rotatable bonds is 10. The second kappa shape index (κ2) is 11.5. The summed E-state index contributed by atoms with van der Waals surface area (Å²) in [6.07, 6.45) is 0. The number of nitrogens with one attached hydrogen (secondary N) is 1. The molecule has 1 aliphatic heterocycles. The molecular weight excluding hydrogens is 508 g/mol. The van der Waals surface area contributed by atoms with Gasteiger partial charge >= 0.3 is 0 Å². The number of carbonyl (C=O) groups is 1. The van der Waals surface area contributed by atoms with E-state index < -0.39 is 22.0 Å². The van der Waals surface area contributed by atoms with Crippen molar-refractivity contribution in [2.75, 3.05) is 45.7 Å². The summed E-state index contributed by atoms with van der Waals surface area (Å²) < 4.78 is 38.5. The van der Waals surface area contributed by atoms with Crippen LogP contribution in [0.1, 0.15) is 19.7 Å². The highest BCUT2D eigenvalue weighted by atomic mass is 32.2. The zero-order valence-corrected chi connectivity index (χ0v) is 22.9. The number of hydrogen-bond donors (Lipinski definition) is 2. The summed E-state index contributed by atoms with van der Waals surface area (Å²) in [5, 5.41) is 4.01. The number of sulfonamides is 1. The minimum absolute atomic E-state index is 0.0228. The molecule has 1 aliphatic rings. The van der Waals surface area contributed by atoms with E-state index in [2.05, 4.69) is 10.2 Å². The summed E-state index contributed by atoms with van der Waals surface area (Å²) >= 11 is 0. The first-order valence-electron chi connectivity index (χ1n) is 12.4. The normalized spacial score (nSPS) is 15.9. The first kappa shape index (κ1) is 27.6. The molecule has 1 atom stereocenters. The molecule has 12 heteroatoms. The SMILES string of the molecule is COc1ccc(S(=O)(=O)N2CCN(Cc3nc(N[C@H](C(N)=O)C(C)C)c4ccccc4n3)CC2)cc1OC. The van der Waals surface area contributed by atoms with Crippen molar-refractivity contribution in [3.05, 3.63) is 48.3 Å². The first-order valence-corrected chi connectivity index (χ1v) is 13.8. The van der Waals surface area contributed by atoms with Crippen LogP contribution in [0.25, 0.3) is 10.9 Å². The summed E-state index contributed by atoms with van der Waals surface area (Å²) in [6.45, 7) is 5.96. The zero-order chi connectivity index (χ0) is 27.4. The van der Waals surface area contributed by atoms with Crippen molar-refractivity contribution < 1.29 is 22.7 Å². The van der Waals surface area contributed by atoms with Crippen LogP contribution >= 0.6 is 0 Å². The molecule has 0 saturated carbocycles. The van der Waals surface area contributed by atoms with Gasteiger partial charge in [-0.15, -0.1) is 0 Å². The number of fused-ring (bicyclic) bond motifs is 1. The van der Waals surface area contributed by atoms with E-state index in [0.29, 0.717) is 55.9 Å². The van der Waals surface area contributed by atoms with Gasteiger partial charge in [-0.2, -0.15) is 4.31 Å². The Bertz CT molecular complexity index is 1410. The number of piperazine rings is 1. The molecule has 1 fully saturated rings. The third kappa shape index (κ3) is 5.82. The number of nitrogens with zero attached hydrogens (tertiary/aromatic N) is 4. The lowest BCUT2D eigenvalue weighted by molar-refractivity contribution is -0.119. The summed E-state index contributed by atoms with van der Waals surface area (Å²) in [5.74, 6) is 1.49. The van der Waals surface area contributed by atoms with Gasteiger partial charge in [-0.05, 0) is 30.2 Å². The van der Waals surface area contributed by atoms with Crippen molar-refractivity contribution in [3.63, 3.8) is 0 Å². The number of methoxy groups -OCH3 is 2. The van der Waals surface area contributed by atoms with E-state index in [-0.39, 0.29) is 10.8 Å². The Morgan fingerprint density at radius 1 is 1.03 bits per heavy atom. The van der Waals surface area contributed by atoms with Crippen molar-refractivity contribution >= 4 is 32.7 Å². The van der Waals surface area contributed by atoms with Gasteiger partial charge in [0, 0.05) is 37.6 Å². The average molecular weight is 543 g/mol. The Labute approximate surface area is 223 Å². The van der Waals surface area contributed by atoms with E-state index in [4.69, 9.17) is 25.2 Å². The highest BCUT2D eigenvalue weighted by molar-refractivity contribution is 7.89. The van der Waals surface area contributed by atoms with Gasteiger partial charge < -0.3 is 20.5 Å². The molecular formula is C26H34N6O5S. The fourth-order valence-corrected chi connectivity index (χ4v) is 5.91. The van der Waals surface area contributed by atoms with Gasteiger partial charge in [0.15, 0.2) is 11.5 Å². The minimum atomic E-state index is -3.70. The number of primary amides is 1. The van der Waals surface area contributed by atoms with E-state index in [1.165, 1.54) is 30.7 Å². The summed E-state index contributed by atoms with van der Waals surface area (Å²) in [7, 11) is -0.719. The van der Waals surface area contributed by atoms with Gasteiger partial charge in [-0.3, -0.25) is 9.69 Å². The van der Waals surface area contributed by atoms with E-state index >= 15 is 0 Å². The number of amides is 1. The quantitative estimate of drug-likeness (QED) is 0.394. The van der Waals surface area contributed by atoms with Crippen molar-refractivity contribution in [2.24, 2.45) is 11.7 Å². The van der Waals surface area contributed by atoms with Gasteiger partial charge in [-0.1, -0.05) is 26.0 Å². The van der Waals surface area contributed by atoms with Crippen LogP contribution in [0, 0.1) is 5.92 Å². The number of carbonyl (C=O) groups excluding carboxylic acids is 1. The van der Waals surface area contributed by atoms with Gasteiger partial charge in [0.25, 0.3) is 0 Å². The fraction of sp³-hybridized carbons (Fsp3) is 0.423. The van der Waals surface area contributed by atoms with Crippen LogP contribution in [0.4, 0.5) is 5.82 Å². The van der Waals surface area contributed by atoms with Crippen LogP contribution in [0.15, 0.2) is 47.4 Å². The highest BCUT2D eigenvalue weighted by Gasteiger charge is 2.30. The lowest BCUT2D eigenvalue weighted by atomic mass is 10.0. The van der Waals surface area contributed by atoms with Gasteiger partial charge in [-0.25, -0.2) is 18.4 Å².